The minimum Gasteiger partial charge on any atom is -0.349 e. The first-order chi connectivity index (χ1) is 11.7. The van der Waals surface area contributed by atoms with Crippen molar-refractivity contribution in [2.24, 2.45) is 7.05 Å². The average molecular weight is 340 g/mol. The Bertz CT molecular complexity index is 760. The van der Waals surface area contributed by atoms with Crippen molar-refractivity contribution in [1.82, 2.24) is 15.1 Å². The lowest BCUT2D eigenvalue weighted by molar-refractivity contribution is -0.121. The summed E-state index contributed by atoms with van der Waals surface area (Å²) in [5.41, 5.74) is 3.05. The monoisotopic (exact) mass is 340 g/mol. The molecule has 2 aromatic rings. The number of benzene rings is 1. The summed E-state index contributed by atoms with van der Waals surface area (Å²) >= 11 is 1.63. The summed E-state index contributed by atoms with van der Waals surface area (Å²) in [5.74, 6) is 0.808. The van der Waals surface area contributed by atoms with Crippen molar-refractivity contribution < 1.29 is 4.79 Å². The molecule has 1 heterocycles. The van der Waals surface area contributed by atoms with Gasteiger partial charge in [-0.3, -0.25) is 9.48 Å². The number of amides is 1. The average Bonchev–Trinajstić information content (AvgIpc) is 2.98. The fourth-order valence-electron chi connectivity index (χ4n) is 3.01. The molecule has 1 aromatic heterocycles. The molecule has 0 fully saturated rings. The minimum atomic E-state index is 0.0813. The van der Waals surface area contributed by atoms with Gasteiger partial charge in [-0.1, -0.05) is 0 Å². The highest BCUT2D eigenvalue weighted by Crippen LogP contribution is 2.29. The smallest absolute Gasteiger partial charge is 0.221 e. The minimum absolute atomic E-state index is 0.0813. The summed E-state index contributed by atoms with van der Waals surface area (Å²) in [4.78, 5) is 13.3. The van der Waals surface area contributed by atoms with Crippen LogP contribution in [0.4, 0.5) is 0 Å². The Hall–Kier alpha value is -2.26. The van der Waals surface area contributed by atoms with Gasteiger partial charge in [0, 0.05) is 35.4 Å². The van der Waals surface area contributed by atoms with Crippen molar-refractivity contribution in [3.63, 3.8) is 0 Å². The van der Waals surface area contributed by atoms with Crippen molar-refractivity contribution >= 4 is 17.7 Å². The van der Waals surface area contributed by atoms with E-state index in [1.807, 2.05) is 30.1 Å². The van der Waals surface area contributed by atoms with Crippen LogP contribution in [0.3, 0.4) is 0 Å². The largest absolute Gasteiger partial charge is 0.349 e. The number of hydrogen-bond acceptors (Lipinski definition) is 4. The molecule has 0 unspecified atom stereocenters. The predicted octanol–water partition coefficient (Wildman–Crippen LogP) is 2.97. The Morgan fingerprint density at radius 3 is 3.00 bits per heavy atom. The third-order valence-corrected chi connectivity index (χ3v) is 5.31. The normalized spacial score (nSPS) is 16.2. The molecule has 1 aliphatic carbocycles. The first-order valence-electron chi connectivity index (χ1n) is 8.10. The molecule has 3 rings (SSSR count). The van der Waals surface area contributed by atoms with Crippen LogP contribution >= 0.6 is 11.8 Å². The van der Waals surface area contributed by atoms with Crippen LogP contribution in [0.15, 0.2) is 35.4 Å². The zero-order valence-electron chi connectivity index (χ0n) is 13.7. The number of rotatable bonds is 5. The molecule has 0 aliphatic heterocycles. The number of fused-ring (bicyclic) bond motifs is 1. The number of nitrogens with one attached hydrogen (secondary N) is 1. The van der Waals surface area contributed by atoms with Crippen LogP contribution in [0.5, 0.6) is 0 Å². The van der Waals surface area contributed by atoms with E-state index < -0.39 is 0 Å². The van der Waals surface area contributed by atoms with Crippen LogP contribution in [-0.4, -0.2) is 21.4 Å². The van der Waals surface area contributed by atoms with E-state index in [4.69, 9.17) is 5.26 Å². The number of aryl methyl sites for hydroxylation is 1. The van der Waals surface area contributed by atoms with E-state index in [-0.39, 0.29) is 11.9 Å². The molecule has 0 saturated heterocycles. The summed E-state index contributed by atoms with van der Waals surface area (Å²) in [6.07, 6.45) is 5.46. The molecule has 0 spiro atoms. The lowest BCUT2D eigenvalue weighted by Crippen LogP contribution is -2.31. The number of nitrogens with zero attached hydrogens (tertiary/aromatic N) is 3. The second kappa shape index (κ2) is 7.54. The van der Waals surface area contributed by atoms with Gasteiger partial charge in [0.25, 0.3) is 0 Å². The molecule has 24 heavy (non-hydrogen) atoms. The molecule has 1 amide bonds. The molecule has 1 aromatic carbocycles. The standard InChI is InChI=1S/C18H20N4OS/c1-22-17-4-2-3-16(15(17)12-20-22)21-18(23)9-10-24-14-7-5-13(11-19)6-8-14/h5-8,12,16H,2-4,9-10H2,1H3,(H,21,23)/t16-/m0/s1. The fourth-order valence-corrected chi connectivity index (χ4v) is 3.86. The van der Waals surface area contributed by atoms with Gasteiger partial charge < -0.3 is 5.32 Å². The highest BCUT2D eigenvalue weighted by atomic mass is 32.2. The third kappa shape index (κ3) is 3.80. The molecular formula is C18H20N4OS. The van der Waals surface area contributed by atoms with Crippen LogP contribution in [0, 0.1) is 11.3 Å². The van der Waals surface area contributed by atoms with E-state index in [9.17, 15) is 4.79 Å². The zero-order valence-corrected chi connectivity index (χ0v) is 14.5. The van der Waals surface area contributed by atoms with Gasteiger partial charge in [0.1, 0.15) is 0 Å². The molecule has 1 N–H and O–H groups in total. The number of carbonyl (C=O) groups excluding carboxylic acids is 1. The molecule has 124 valence electrons. The van der Waals surface area contributed by atoms with Gasteiger partial charge >= 0.3 is 0 Å². The predicted molar refractivity (Wildman–Crippen MR) is 93.5 cm³/mol. The summed E-state index contributed by atoms with van der Waals surface area (Å²) < 4.78 is 1.91. The van der Waals surface area contributed by atoms with Crippen molar-refractivity contribution in [1.29, 1.82) is 5.26 Å². The highest BCUT2D eigenvalue weighted by molar-refractivity contribution is 7.99. The third-order valence-electron chi connectivity index (χ3n) is 4.29. The van der Waals surface area contributed by atoms with E-state index in [0.717, 1.165) is 35.5 Å². The van der Waals surface area contributed by atoms with Gasteiger partial charge in [-0.25, -0.2) is 0 Å². The van der Waals surface area contributed by atoms with Gasteiger partial charge in [-0.05, 0) is 43.5 Å². The summed E-state index contributed by atoms with van der Waals surface area (Å²) in [7, 11) is 1.96. The maximum absolute atomic E-state index is 12.2. The maximum Gasteiger partial charge on any atom is 0.221 e. The van der Waals surface area contributed by atoms with Gasteiger partial charge in [0.15, 0.2) is 0 Å². The zero-order chi connectivity index (χ0) is 16.9. The summed E-state index contributed by atoms with van der Waals surface area (Å²) in [5, 5.41) is 16.2. The summed E-state index contributed by atoms with van der Waals surface area (Å²) in [6, 6.07) is 9.64. The van der Waals surface area contributed by atoms with Gasteiger partial charge in [0.05, 0.1) is 23.9 Å². The van der Waals surface area contributed by atoms with Gasteiger partial charge in [-0.2, -0.15) is 10.4 Å². The number of aromatic nitrogens is 2. The number of nitriles is 1. The molecule has 1 atom stereocenters. The van der Waals surface area contributed by atoms with Gasteiger partial charge in [-0.15, -0.1) is 11.8 Å². The van der Waals surface area contributed by atoms with Crippen LogP contribution in [0.1, 0.15) is 42.1 Å². The topological polar surface area (TPSA) is 70.7 Å². The first kappa shape index (κ1) is 16.6. The first-order valence-corrected chi connectivity index (χ1v) is 9.09. The Morgan fingerprint density at radius 2 is 2.25 bits per heavy atom. The second-order valence-corrected chi connectivity index (χ2v) is 7.09. The van der Waals surface area contributed by atoms with E-state index in [2.05, 4.69) is 16.5 Å². The molecule has 6 heteroatoms. The molecule has 0 bridgehead atoms. The summed E-state index contributed by atoms with van der Waals surface area (Å²) in [6.45, 7) is 0. The SMILES string of the molecule is Cn1ncc2c1CCC[C@@H]2NC(=O)CCSc1ccc(C#N)cc1. The van der Waals surface area contributed by atoms with E-state index in [0.29, 0.717) is 12.0 Å². The number of carbonyl (C=O) groups is 1. The van der Waals surface area contributed by atoms with Crippen LogP contribution in [0.25, 0.3) is 0 Å². The second-order valence-electron chi connectivity index (χ2n) is 5.92. The van der Waals surface area contributed by atoms with E-state index >= 15 is 0 Å². The molecule has 0 radical (unpaired) electrons. The lowest BCUT2D eigenvalue weighted by Gasteiger charge is -2.23. The van der Waals surface area contributed by atoms with Crippen molar-refractivity contribution in [3.8, 4) is 6.07 Å². The maximum atomic E-state index is 12.2. The lowest BCUT2D eigenvalue weighted by atomic mass is 9.93. The Kier molecular flexibility index (Phi) is 5.21. The van der Waals surface area contributed by atoms with Crippen LogP contribution in [0.2, 0.25) is 0 Å². The Morgan fingerprint density at radius 1 is 1.46 bits per heavy atom. The van der Waals surface area contributed by atoms with E-state index in [1.54, 1.807) is 23.9 Å². The fraction of sp³-hybridized carbons (Fsp3) is 0.389. The van der Waals surface area contributed by atoms with Crippen molar-refractivity contribution in [3.05, 3.63) is 47.3 Å². The molecule has 1 aliphatic rings. The Labute approximate surface area is 146 Å². The Balaban J connectivity index is 1.49. The molecule has 5 nitrogen and oxygen atoms in total. The van der Waals surface area contributed by atoms with Crippen LogP contribution < -0.4 is 5.32 Å². The van der Waals surface area contributed by atoms with Crippen molar-refractivity contribution in [2.75, 3.05) is 5.75 Å². The number of thioether (sulfide) groups is 1. The quantitative estimate of drug-likeness (QED) is 0.850. The van der Waals surface area contributed by atoms with E-state index in [1.165, 1.54) is 5.69 Å². The van der Waals surface area contributed by atoms with Crippen molar-refractivity contribution in [2.45, 2.75) is 36.6 Å². The van der Waals surface area contributed by atoms with Gasteiger partial charge in [0.2, 0.25) is 5.91 Å². The molecule has 0 saturated carbocycles. The number of hydrogen-bond donors (Lipinski definition) is 1. The highest BCUT2D eigenvalue weighted by Gasteiger charge is 2.24. The molecular weight excluding hydrogens is 320 g/mol. The van der Waals surface area contributed by atoms with Crippen LogP contribution in [-0.2, 0) is 18.3 Å².